The maximum atomic E-state index is 12.9. The van der Waals surface area contributed by atoms with Gasteiger partial charge in [-0.3, -0.25) is 9.59 Å². The van der Waals surface area contributed by atoms with Gasteiger partial charge in [-0.25, -0.2) is 14.1 Å². The fourth-order valence-electron chi connectivity index (χ4n) is 2.95. The van der Waals surface area contributed by atoms with Gasteiger partial charge in [0.1, 0.15) is 18.5 Å². The Labute approximate surface area is 184 Å². The number of hydrogen-bond acceptors (Lipinski definition) is 5. The molecule has 7 nitrogen and oxygen atoms in total. The van der Waals surface area contributed by atoms with E-state index in [4.69, 9.17) is 0 Å². The first kappa shape index (κ1) is 22.5. The van der Waals surface area contributed by atoms with Crippen molar-refractivity contribution in [3.05, 3.63) is 72.6 Å². The third-order valence-electron chi connectivity index (χ3n) is 4.93. The van der Waals surface area contributed by atoms with E-state index in [0.29, 0.717) is 5.69 Å². The average molecular weight is 442 g/mol. The van der Waals surface area contributed by atoms with Crippen molar-refractivity contribution in [1.82, 2.24) is 19.7 Å². The lowest BCUT2D eigenvalue weighted by Crippen LogP contribution is -2.36. The summed E-state index contributed by atoms with van der Waals surface area (Å²) in [5.41, 5.74) is 2.40. The lowest BCUT2D eigenvalue weighted by atomic mass is 10.1. The highest BCUT2D eigenvalue weighted by atomic mass is 32.2. The van der Waals surface area contributed by atoms with E-state index in [1.807, 2.05) is 31.2 Å². The van der Waals surface area contributed by atoms with Crippen LogP contribution in [0.4, 0.5) is 10.1 Å². The summed E-state index contributed by atoms with van der Waals surface area (Å²) < 4.78 is 14.6. The largest absolute Gasteiger partial charge is 0.338 e. The van der Waals surface area contributed by atoms with E-state index in [1.54, 1.807) is 29.9 Å². The second-order valence-corrected chi connectivity index (χ2v) is 8.39. The summed E-state index contributed by atoms with van der Waals surface area (Å²) in [5.74, 6) is -0.543. The predicted molar refractivity (Wildman–Crippen MR) is 119 cm³/mol. The van der Waals surface area contributed by atoms with E-state index in [0.717, 1.165) is 11.3 Å². The molecule has 0 radical (unpaired) electrons. The number of anilines is 1. The second-order valence-electron chi connectivity index (χ2n) is 7.07. The van der Waals surface area contributed by atoms with Crippen LogP contribution in [-0.4, -0.2) is 49.5 Å². The Morgan fingerprint density at radius 1 is 1.13 bits per heavy atom. The van der Waals surface area contributed by atoms with Gasteiger partial charge in [-0.2, -0.15) is 5.10 Å². The molecular weight excluding hydrogens is 417 g/mol. The number of halogens is 1. The number of carbonyl (C=O) groups is 2. The zero-order chi connectivity index (χ0) is 22.4. The zero-order valence-electron chi connectivity index (χ0n) is 17.5. The lowest BCUT2D eigenvalue weighted by Gasteiger charge is -2.28. The van der Waals surface area contributed by atoms with Crippen molar-refractivity contribution < 1.29 is 14.0 Å². The van der Waals surface area contributed by atoms with Gasteiger partial charge in [-0.1, -0.05) is 12.1 Å². The van der Waals surface area contributed by atoms with Gasteiger partial charge in [-0.05, 0) is 55.8 Å². The summed E-state index contributed by atoms with van der Waals surface area (Å²) in [6, 6.07) is 13.2. The topological polar surface area (TPSA) is 80.1 Å². The van der Waals surface area contributed by atoms with Gasteiger partial charge in [0, 0.05) is 12.7 Å². The molecule has 0 bridgehead atoms. The molecule has 0 fully saturated rings. The van der Waals surface area contributed by atoms with Crippen molar-refractivity contribution in [3.63, 3.8) is 0 Å². The van der Waals surface area contributed by atoms with Crippen molar-refractivity contribution in [2.24, 2.45) is 0 Å². The maximum Gasteiger partial charge on any atom is 0.235 e. The third kappa shape index (κ3) is 5.91. The molecule has 31 heavy (non-hydrogen) atoms. The highest BCUT2D eigenvalue weighted by molar-refractivity contribution is 8.01. The van der Waals surface area contributed by atoms with Crippen molar-refractivity contribution in [3.8, 4) is 5.69 Å². The molecule has 0 aliphatic carbocycles. The van der Waals surface area contributed by atoms with E-state index >= 15 is 0 Å². The molecule has 0 spiro atoms. The maximum absolute atomic E-state index is 12.9. The van der Waals surface area contributed by atoms with Gasteiger partial charge in [-0.15, -0.1) is 11.8 Å². The monoisotopic (exact) mass is 441 g/mol. The van der Waals surface area contributed by atoms with Crippen LogP contribution in [0.25, 0.3) is 5.69 Å². The molecule has 1 aromatic heterocycles. The minimum Gasteiger partial charge on any atom is -0.338 e. The highest BCUT2D eigenvalue weighted by Gasteiger charge is 2.23. The van der Waals surface area contributed by atoms with Gasteiger partial charge in [0.2, 0.25) is 11.8 Å². The van der Waals surface area contributed by atoms with Crippen LogP contribution >= 0.6 is 11.8 Å². The number of rotatable bonds is 8. The average Bonchev–Trinajstić information content (AvgIpc) is 3.32. The molecule has 0 saturated heterocycles. The normalized spacial score (nSPS) is 12.8. The third-order valence-corrected chi connectivity index (χ3v) is 6.06. The van der Waals surface area contributed by atoms with Crippen LogP contribution in [0.5, 0.6) is 0 Å². The predicted octanol–water partition coefficient (Wildman–Crippen LogP) is 3.69. The number of benzene rings is 2. The molecule has 162 valence electrons. The Kier molecular flexibility index (Phi) is 7.41. The van der Waals surface area contributed by atoms with E-state index < -0.39 is 0 Å². The van der Waals surface area contributed by atoms with Crippen molar-refractivity contribution >= 4 is 29.3 Å². The van der Waals surface area contributed by atoms with Crippen LogP contribution in [0.3, 0.4) is 0 Å². The summed E-state index contributed by atoms with van der Waals surface area (Å²) in [4.78, 5) is 30.6. The molecule has 9 heteroatoms. The summed E-state index contributed by atoms with van der Waals surface area (Å²) in [6.07, 6.45) is 3.10. The van der Waals surface area contributed by atoms with Gasteiger partial charge < -0.3 is 10.2 Å². The van der Waals surface area contributed by atoms with E-state index in [2.05, 4.69) is 15.4 Å². The van der Waals surface area contributed by atoms with E-state index in [1.165, 1.54) is 42.4 Å². The number of carbonyl (C=O) groups excluding carboxylic acids is 2. The summed E-state index contributed by atoms with van der Waals surface area (Å²) in [7, 11) is 1.76. The van der Waals surface area contributed by atoms with E-state index in [-0.39, 0.29) is 34.7 Å². The van der Waals surface area contributed by atoms with Crippen LogP contribution < -0.4 is 5.32 Å². The number of aromatic nitrogens is 3. The summed E-state index contributed by atoms with van der Waals surface area (Å²) in [5, 5.41) is 6.41. The van der Waals surface area contributed by atoms with Crippen LogP contribution in [0.1, 0.15) is 25.5 Å². The Balaban J connectivity index is 1.52. The zero-order valence-corrected chi connectivity index (χ0v) is 18.3. The summed E-state index contributed by atoms with van der Waals surface area (Å²) in [6.45, 7) is 3.75. The molecule has 2 aromatic carbocycles. The molecule has 1 heterocycles. The molecule has 2 atom stereocenters. The van der Waals surface area contributed by atoms with Gasteiger partial charge in [0.05, 0.1) is 22.7 Å². The van der Waals surface area contributed by atoms with Crippen LogP contribution in [0, 0.1) is 5.82 Å². The molecule has 0 saturated carbocycles. The van der Waals surface area contributed by atoms with Crippen molar-refractivity contribution in [2.45, 2.75) is 25.1 Å². The minimum atomic E-state index is -0.388. The fraction of sp³-hybridized carbons (Fsp3) is 0.273. The van der Waals surface area contributed by atoms with Crippen LogP contribution in [-0.2, 0) is 9.59 Å². The highest BCUT2D eigenvalue weighted by Crippen LogP contribution is 2.23. The Bertz CT molecular complexity index is 1010. The molecule has 0 aliphatic heterocycles. The number of thioether (sulfide) groups is 1. The number of hydrogen-bond donors (Lipinski definition) is 1. The molecule has 2 unspecified atom stereocenters. The first-order valence-corrected chi connectivity index (χ1v) is 10.8. The van der Waals surface area contributed by atoms with Gasteiger partial charge in [0.15, 0.2) is 0 Å². The SMILES string of the molecule is CC(SCC(=O)Nc1ccc(F)cc1)C(=O)N(C)C(C)c1ccc(-n2cncn2)cc1. The number of nitrogens with zero attached hydrogens (tertiary/aromatic N) is 4. The smallest absolute Gasteiger partial charge is 0.235 e. The van der Waals surface area contributed by atoms with Crippen LogP contribution in [0.15, 0.2) is 61.2 Å². The van der Waals surface area contributed by atoms with Gasteiger partial charge in [0.25, 0.3) is 0 Å². The molecule has 0 aliphatic rings. The Morgan fingerprint density at radius 2 is 1.81 bits per heavy atom. The van der Waals surface area contributed by atoms with Crippen molar-refractivity contribution in [2.75, 3.05) is 18.1 Å². The van der Waals surface area contributed by atoms with Crippen LogP contribution in [0.2, 0.25) is 0 Å². The molecule has 3 rings (SSSR count). The Morgan fingerprint density at radius 3 is 2.42 bits per heavy atom. The molecular formula is C22H24FN5O2S. The molecule has 1 N–H and O–H groups in total. The molecule has 2 amide bonds. The standard InChI is InChI=1S/C22H24FN5O2S/c1-15(17-4-10-20(11-5-17)28-14-24-13-25-28)27(3)22(30)16(2)31-12-21(29)26-19-8-6-18(23)7-9-19/h4-11,13-16H,12H2,1-3H3,(H,26,29). The van der Waals surface area contributed by atoms with Gasteiger partial charge >= 0.3 is 0 Å². The fourth-order valence-corrected chi connectivity index (χ4v) is 3.73. The minimum absolute atomic E-state index is 0.0626. The number of nitrogens with one attached hydrogen (secondary N) is 1. The first-order valence-electron chi connectivity index (χ1n) is 9.74. The van der Waals surface area contributed by atoms with Crippen molar-refractivity contribution in [1.29, 1.82) is 0 Å². The Hall–Kier alpha value is -3.20. The molecule has 3 aromatic rings. The summed E-state index contributed by atoms with van der Waals surface area (Å²) >= 11 is 1.26. The first-order chi connectivity index (χ1) is 14.8. The lowest BCUT2D eigenvalue weighted by molar-refractivity contribution is -0.130. The quantitative estimate of drug-likeness (QED) is 0.577. The second kappa shape index (κ2) is 10.2. The number of amides is 2. The van der Waals surface area contributed by atoms with E-state index in [9.17, 15) is 14.0 Å².